The Morgan fingerprint density at radius 1 is 1.07 bits per heavy atom. The summed E-state index contributed by atoms with van der Waals surface area (Å²) in [6, 6.07) is 11.5. The highest BCUT2D eigenvalue weighted by Gasteiger charge is 2.25. The van der Waals surface area contributed by atoms with Gasteiger partial charge in [-0.25, -0.2) is 4.98 Å². The minimum atomic E-state index is -0.0223. The lowest BCUT2D eigenvalue weighted by Gasteiger charge is -2.33. The average molecular weight is 390 g/mol. The van der Waals surface area contributed by atoms with Gasteiger partial charge in [0.1, 0.15) is 0 Å². The van der Waals surface area contributed by atoms with Crippen LogP contribution in [0.2, 0.25) is 0 Å². The lowest BCUT2D eigenvalue weighted by molar-refractivity contribution is 0.0745. The van der Waals surface area contributed by atoms with Gasteiger partial charge in [-0.15, -0.1) is 0 Å². The van der Waals surface area contributed by atoms with Gasteiger partial charge >= 0.3 is 0 Å². The molecule has 0 bridgehead atoms. The molecule has 1 fully saturated rings. The summed E-state index contributed by atoms with van der Waals surface area (Å²) in [6.07, 6.45) is 1.69. The molecule has 1 aliphatic heterocycles. The highest BCUT2D eigenvalue weighted by molar-refractivity contribution is 5.95. The summed E-state index contributed by atoms with van der Waals surface area (Å²) < 4.78 is 10.8. The van der Waals surface area contributed by atoms with Gasteiger partial charge in [-0.05, 0) is 24.3 Å². The Balaban J connectivity index is 1.29. The number of aromatic nitrogens is 4. The summed E-state index contributed by atoms with van der Waals surface area (Å²) in [7, 11) is 0. The van der Waals surface area contributed by atoms with Gasteiger partial charge in [-0.3, -0.25) is 4.79 Å². The van der Waals surface area contributed by atoms with Crippen molar-refractivity contribution in [2.75, 3.05) is 31.1 Å². The normalized spacial score (nSPS) is 14.5. The number of benzene rings is 1. The molecule has 0 spiro atoms. The van der Waals surface area contributed by atoms with Gasteiger partial charge in [0.2, 0.25) is 17.4 Å². The summed E-state index contributed by atoms with van der Waals surface area (Å²) in [5, 5.41) is 3.92. The van der Waals surface area contributed by atoms with Gasteiger partial charge in [0.25, 0.3) is 11.9 Å². The van der Waals surface area contributed by atoms with E-state index in [1.54, 1.807) is 25.3 Å². The lowest BCUT2D eigenvalue weighted by atomic mass is 10.1. The first-order valence-electron chi connectivity index (χ1n) is 9.34. The van der Waals surface area contributed by atoms with Crippen molar-refractivity contribution in [1.82, 2.24) is 25.0 Å². The molecule has 4 aromatic rings. The van der Waals surface area contributed by atoms with E-state index in [1.807, 2.05) is 34.1 Å². The predicted molar refractivity (Wildman–Crippen MR) is 104 cm³/mol. The van der Waals surface area contributed by atoms with E-state index in [1.165, 1.54) is 0 Å². The molecule has 29 heavy (non-hydrogen) atoms. The highest BCUT2D eigenvalue weighted by atomic mass is 16.5. The molecule has 3 aromatic heterocycles. The fourth-order valence-corrected chi connectivity index (χ4v) is 3.38. The molecule has 0 unspecified atom stereocenters. The smallest absolute Gasteiger partial charge is 0.300 e. The fourth-order valence-electron chi connectivity index (χ4n) is 3.38. The van der Waals surface area contributed by atoms with Gasteiger partial charge in [-0.2, -0.15) is 9.97 Å². The summed E-state index contributed by atoms with van der Waals surface area (Å²) in [5.41, 5.74) is 2.61. The lowest BCUT2D eigenvalue weighted by Crippen LogP contribution is -2.48. The van der Waals surface area contributed by atoms with Crippen molar-refractivity contribution in [3.63, 3.8) is 0 Å². The third kappa shape index (κ3) is 3.31. The van der Waals surface area contributed by atoms with E-state index in [2.05, 4.69) is 20.1 Å². The van der Waals surface area contributed by atoms with E-state index >= 15 is 0 Å². The van der Waals surface area contributed by atoms with E-state index in [0.29, 0.717) is 60.7 Å². The van der Waals surface area contributed by atoms with E-state index in [0.717, 1.165) is 5.56 Å². The van der Waals surface area contributed by atoms with E-state index in [-0.39, 0.29) is 5.91 Å². The highest BCUT2D eigenvalue weighted by Crippen LogP contribution is 2.22. The van der Waals surface area contributed by atoms with E-state index < -0.39 is 0 Å². The van der Waals surface area contributed by atoms with Crippen molar-refractivity contribution in [3.8, 4) is 11.4 Å². The van der Waals surface area contributed by atoms with Gasteiger partial charge in [0.15, 0.2) is 5.58 Å². The first-order valence-corrected chi connectivity index (χ1v) is 9.34. The monoisotopic (exact) mass is 390 g/mol. The topological polar surface area (TPSA) is 101 Å². The minimum absolute atomic E-state index is 0.0223. The number of oxazole rings is 1. The van der Waals surface area contributed by atoms with Gasteiger partial charge in [-0.1, -0.05) is 17.3 Å². The van der Waals surface area contributed by atoms with Crippen LogP contribution in [0.4, 0.5) is 6.01 Å². The molecule has 0 radical (unpaired) electrons. The summed E-state index contributed by atoms with van der Waals surface area (Å²) in [4.78, 5) is 29.7. The Labute approximate surface area is 166 Å². The molecule has 1 aromatic carbocycles. The Morgan fingerprint density at radius 3 is 2.69 bits per heavy atom. The van der Waals surface area contributed by atoms with Gasteiger partial charge in [0, 0.05) is 50.4 Å². The molecule has 146 valence electrons. The molecule has 0 atom stereocenters. The molecule has 0 aliphatic carbocycles. The fraction of sp³-hybridized carbons (Fsp3) is 0.250. The molecule has 4 heterocycles. The molecular weight excluding hydrogens is 372 g/mol. The number of pyridine rings is 1. The first kappa shape index (κ1) is 17.4. The zero-order valence-corrected chi connectivity index (χ0v) is 15.8. The number of hydrogen-bond donors (Lipinski definition) is 0. The van der Waals surface area contributed by atoms with Gasteiger partial charge < -0.3 is 18.7 Å². The van der Waals surface area contributed by atoms with Crippen LogP contribution in [0.1, 0.15) is 16.2 Å². The zero-order valence-electron chi connectivity index (χ0n) is 15.8. The molecule has 9 heteroatoms. The Bertz CT molecular complexity index is 1140. The van der Waals surface area contributed by atoms with Crippen molar-refractivity contribution in [2.45, 2.75) is 6.92 Å². The van der Waals surface area contributed by atoms with Crippen molar-refractivity contribution in [2.24, 2.45) is 0 Å². The van der Waals surface area contributed by atoms with Gasteiger partial charge in [0.05, 0.1) is 0 Å². The average Bonchev–Trinajstić information content (AvgIpc) is 3.40. The first-order chi connectivity index (χ1) is 14.2. The van der Waals surface area contributed by atoms with Crippen LogP contribution < -0.4 is 4.90 Å². The number of aryl methyl sites for hydroxylation is 1. The molecule has 1 amide bonds. The summed E-state index contributed by atoms with van der Waals surface area (Å²) in [5.74, 6) is 0.944. The summed E-state index contributed by atoms with van der Waals surface area (Å²) >= 11 is 0. The number of anilines is 1. The number of rotatable bonds is 3. The molecule has 0 N–H and O–H groups in total. The van der Waals surface area contributed by atoms with Crippen LogP contribution in [0.5, 0.6) is 0 Å². The Kier molecular flexibility index (Phi) is 4.19. The van der Waals surface area contributed by atoms with Crippen LogP contribution in [0.25, 0.3) is 22.6 Å². The number of carbonyl (C=O) groups excluding carboxylic acids is 1. The third-order valence-electron chi connectivity index (χ3n) is 4.89. The van der Waals surface area contributed by atoms with Crippen molar-refractivity contribution < 1.29 is 13.7 Å². The van der Waals surface area contributed by atoms with Crippen LogP contribution in [-0.2, 0) is 0 Å². The molecule has 1 saturated heterocycles. The molecule has 5 rings (SSSR count). The molecular formula is C20H18N6O3. The molecule has 0 saturated carbocycles. The molecule has 1 aliphatic rings. The second-order valence-corrected chi connectivity index (χ2v) is 6.82. The number of carbonyl (C=O) groups is 1. The van der Waals surface area contributed by atoms with Crippen LogP contribution in [0, 0.1) is 6.92 Å². The quantitative estimate of drug-likeness (QED) is 0.526. The Morgan fingerprint density at radius 2 is 1.93 bits per heavy atom. The second kappa shape index (κ2) is 7.01. The Hall–Kier alpha value is -3.75. The van der Waals surface area contributed by atoms with Crippen LogP contribution in [-0.4, -0.2) is 57.1 Å². The maximum absolute atomic E-state index is 13.0. The van der Waals surface area contributed by atoms with E-state index in [9.17, 15) is 4.79 Å². The largest absolute Gasteiger partial charge is 0.422 e. The molecule has 9 nitrogen and oxygen atoms in total. The van der Waals surface area contributed by atoms with Crippen molar-refractivity contribution in [1.29, 1.82) is 0 Å². The maximum Gasteiger partial charge on any atom is 0.300 e. The van der Waals surface area contributed by atoms with Crippen LogP contribution in [0.3, 0.4) is 0 Å². The number of hydrogen-bond acceptors (Lipinski definition) is 8. The maximum atomic E-state index is 13.0. The second-order valence-electron chi connectivity index (χ2n) is 6.82. The minimum Gasteiger partial charge on any atom is -0.422 e. The number of nitrogens with zero attached hydrogens (tertiary/aromatic N) is 6. The summed E-state index contributed by atoms with van der Waals surface area (Å²) in [6.45, 7) is 4.18. The van der Waals surface area contributed by atoms with Crippen molar-refractivity contribution in [3.05, 3.63) is 54.0 Å². The zero-order chi connectivity index (χ0) is 19.8. The standard InChI is InChI=1S/C20H18N6O3/c1-13-22-17(24-29-13)14-4-2-5-15(12-14)19(27)25-8-10-26(11-9-25)20-23-18-16(28-20)6-3-7-21-18/h2-7,12H,8-11H2,1H3. The third-order valence-corrected chi connectivity index (χ3v) is 4.89. The van der Waals surface area contributed by atoms with Crippen LogP contribution >= 0.6 is 0 Å². The van der Waals surface area contributed by atoms with E-state index in [4.69, 9.17) is 8.94 Å². The van der Waals surface area contributed by atoms with Crippen molar-refractivity contribution >= 4 is 23.2 Å². The predicted octanol–water partition coefficient (Wildman–Crippen LogP) is 2.54. The number of piperazine rings is 1. The SMILES string of the molecule is Cc1nc(-c2cccc(C(=O)N3CCN(c4nc5ncccc5o4)CC3)c2)no1. The van der Waals surface area contributed by atoms with Crippen LogP contribution in [0.15, 0.2) is 51.5 Å². The number of amides is 1. The number of fused-ring (bicyclic) bond motifs is 1.